The Labute approximate surface area is 172 Å². The number of aromatic nitrogens is 2. The molecule has 0 aliphatic heterocycles. The topological polar surface area (TPSA) is 84.2 Å². The van der Waals surface area contributed by atoms with E-state index >= 15 is 0 Å². The molecule has 6 nitrogen and oxygen atoms in total. The Balaban J connectivity index is 1.81. The van der Waals surface area contributed by atoms with Crippen LogP contribution in [-0.4, -0.2) is 26.3 Å². The van der Waals surface area contributed by atoms with E-state index in [1.807, 2.05) is 0 Å². The van der Waals surface area contributed by atoms with Gasteiger partial charge < -0.3 is 10.4 Å². The predicted octanol–water partition coefficient (Wildman–Crippen LogP) is 4.11. The van der Waals surface area contributed by atoms with Gasteiger partial charge >= 0.3 is 0 Å². The van der Waals surface area contributed by atoms with E-state index in [0.29, 0.717) is 16.4 Å². The Kier molecular flexibility index (Phi) is 6.23. The van der Waals surface area contributed by atoms with Crippen molar-refractivity contribution in [1.29, 1.82) is 0 Å². The van der Waals surface area contributed by atoms with Gasteiger partial charge in [-0.05, 0) is 42.5 Å². The van der Waals surface area contributed by atoms with Gasteiger partial charge in [0.25, 0.3) is 5.56 Å². The number of halogens is 3. The average molecular weight is 440 g/mol. The van der Waals surface area contributed by atoms with Gasteiger partial charge in [0.2, 0.25) is 11.8 Å². The summed E-state index contributed by atoms with van der Waals surface area (Å²) >= 11 is 12.8. The number of carbonyl (C=O) groups is 1. The molecule has 2 N–H and O–H groups in total. The van der Waals surface area contributed by atoms with Gasteiger partial charge in [0, 0.05) is 5.02 Å². The van der Waals surface area contributed by atoms with Crippen LogP contribution in [0, 0.1) is 5.82 Å². The quantitative estimate of drug-likeness (QED) is 0.461. The lowest BCUT2D eigenvalue weighted by Gasteiger charge is -2.12. The summed E-state index contributed by atoms with van der Waals surface area (Å²) < 4.78 is 14.3. The van der Waals surface area contributed by atoms with Crippen LogP contribution in [0.4, 0.5) is 10.1 Å². The molecule has 0 unspecified atom stereocenters. The second-order valence-corrected chi connectivity index (χ2v) is 7.29. The van der Waals surface area contributed by atoms with E-state index in [-0.39, 0.29) is 15.9 Å². The van der Waals surface area contributed by atoms with Crippen molar-refractivity contribution in [1.82, 2.24) is 9.55 Å². The molecule has 0 saturated heterocycles. The lowest BCUT2D eigenvalue weighted by molar-refractivity contribution is -0.113. The SMILES string of the molecule is O=C(CSc1nc(O)cc(=O)n1-c1ccc(F)cc1)Nc1ccc(Cl)cc1Cl. The van der Waals surface area contributed by atoms with E-state index in [1.165, 1.54) is 34.9 Å². The van der Waals surface area contributed by atoms with E-state index in [2.05, 4.69) is 10.3 Å². The molecule has 0 aliphatic carbocycles. The van der Waals surface area contributed by atoms with Crippen LogP contribution in [0.1, 0.15) is 0 Å². The van der Waals surface area contributed by atoms with E-state index in [9.17, 15) is 19.1 Å². The number of anilines is 1. The van der Waals surface area contributed by atoms with Crippen molar-refractivity contribution in [2.75, 3.05) is 11.1 Å². The smallest absolute Gasteiger partial charge is 0.262 e. The Morgan fingerprint density at radius 1 is 1.18 bits per heavy atom. The number of benzene rings is 2. The molecular weight excluding hydrogens is 428 g/mol. The molecule has 3 aromatic rings. The van der Waals surface area contributed by atoms with Gasteiger partial charge in [0.1, 0.15) is 5.82 Å². The van der Waals surface area contributed by atoms with Crippen LogP contribution in [0.15, 0.2) is 58.5 Å². The number of thioether (sulfide) groups is 1. The molecule has 1 aromatic heterocycles. The molecule has 0 spiro atoms. The summed E-state index contributed by atoms with van der Waals surface area (Å²) in [6.45, 7) is 0. The van der Waals surface area contributed by atoms with Crippen LogP contribution >= 0.6 is 35.0 Å². The minimum absolute atomic E-state index is 0.0777. The summed E-state index contributed by atoms with van der Waals surface area (Å²) in [4.78, 5) is 28.4. The van der Waals surface area contributed by atoms with Crippen LogP contribution in [0.5, 0.6) is 5.88 Å². The van der Waals surface area contributed by atoms with Crippen LogP contribution in [0.3, 0.4) is 0 Å². The van der Waals surface area contributed by atoms with Gasteiger partial charge in [0.05, 0.1) is 28.2 Å². The minimum Gasteiger partial charge on any atom is -0.493 e. The number of amides is 1. The number of nitrogens with one attached hydrogen (secondary N) is 1. The molecule has 1 amide bonds. The number of aromatic hydroxyl groups is 1. The first kappa shape index (κ1) is 20.2. The van der Waals surface area contributed by atoms with Crippen LogP contribution in [0.2, 0.25) is 10.0 Å². The molecule has 0 radical (unpaired) electrons. The molecule has 0 atom stereocenters. The lowest BCUT2D eigenvalue weighted by atomic mass is 10.3. The second kappa shape index (κ2) is 8.64. The standard InChI is InChI=1S/C18H12Cl2FN3O3S/c19-10-1-6-14(13(20)7-10)22-16(26)9-28-18-23-15(25)8-17(27)24(18)12-4-2-11(21)3-5-12/h1-8,25H,9H2,(H,22,26). The Morgan fingerprint density at radius 3 is 2.57 bits per heavy atom. The third-order valence-electron chi connectivity index (χ3n) is 3.50. The third kappa shape index (κ3) is 4.83. The van der Waals surface area contributed by atoms with E-state index < -0.39 is 23.2 Å². The number of carbonyl (C=O) groups excluding carboxylic acids is 1. The van der Waals surface area contributed by atoms with E-state index in [1.54, 1.807) is 12.1 Å². The first-order valence-electron chi connectivity index (χ1n) is 7.80. The fraction of sp³-hybridized carbons (Fsp3) is 0.0556. The van der Waals surface area contributed by atoms with Gasteiger partial charge in [-0.1, -0.05) is 35.0 Å². The lowest BCUT2D eigenvalue weighted by Crippen LogP contribution is -2.21. The summed E-state index contributed by atoms with van der Waals surface area (Å²) in [6, 6.07) is 10.8. The molecule has 0 bridgehead atoms. The summed E-state index contributed by atoms with van der Waals surface area (Å²) in [5, 5.41) is 13.1. The molecule has 0 aliphatic rings. The van der Waals surface area contributed by atoms with Gasteiger partial charge in [0.15, 0.2) is 5.16 Å². The van der Waals surface area contributed by atoms with Crippen molar-refractivity contribution in [2.45, 2.75) is 5.16 Å². The van der Waals surface area contributed by atoms with E-state index in [0.717, 1.165) is 17.8 Å². The third-order valence-corrected chi connectivity index (χ3v) is 4.98. The minimum atomic E-state index is -0.567. The van der Waals surface area contributed by atoms with Gasteiger partial charge in [-0.25, -0.2) is 4.39 Å². The molecular formula is C18H12Cl2FN3O3S. The maximum atomic E-state index is 13.2. The maximum Gasteiger partial charge on any atom is 0.262 e. The van der Waals surface area contributed by atoms with Crippen molar-refractivity contribution >= 4 is 46.6 Å². The first-order chi connectivity index (χ1) is 13.3. The van der Waals surface area contributed by atoms with Crippen molar-refractivity contribution < 1.29 is 14.3 Å². The number of rotatable bonds is 5. The van der Waals surface area contributed by atoms with Crippen molar-refractivity contribution in [3.05, 3.63) is 74.7 Å². The normalized spacial score (nSPS) is 10.7. The fourth-order valence-electron chi connectivity index (χ4n) is 2.28. The molecule has 1 heterocycles. The van der Waals surface area contributed by atoms with Crippen LogP contribution < -0.4 is 10.9 Å². The zero-order chi connectivity index (χ0) is 20.3. The van der Waals surface area contributed by atoms with Gasteiger partial charge in [-0.2, -0.15) is 4.98 Å². The zero-order valence-electron chi connectivity index (χ0n) is 14.0. The second-order valence-electron chi connectivity index (χ2n) is 5.51. The van der Waals surface area contributed by atoms with Crippen molar-refractivity contribution in [2.24, 2.45) is 0 Å². The van der Waals surface area contributed by atoms with Crippen molar-refractivity contribution in [3.8, 4) is 11.6 Å². The number of hydrogen-bond donors (Lipinski definition) is 2. The van der Waals surface area contributed by atoms with Crippen LogP contribution in [-0.2, 0) is 4.79 Å². The Hall–Kier alpha value is -2.55. The monoisotopic (exact) mass is 439 g/mol. The average Bonchev–Trinajstić information content (AvgIpc) is 2.63. The molecule has 2 aromatic carbocycles. The Morgan fingerprint density at radius 2 is 1.89 bits per heavy atom. The number of hydrogen-bond acceptors (Lipinski definition) is 5. The summed E-state index contributed by atoms with van der Waals surface area (Å²) in [7, 11) is 0. The van der Waals surface area contributed by atoms with E-state index in [4.69, 9.17) is 23.2 Å². The predicted molar refractivity (Wildman–Crippen MR) is 107 cm³/mol. The highest BCUT2D eigenvalue weighted by Crippen LogP contribution is 2.26. The molecule has 144 valence electrons. The highest BCUT2D eigenvalue weighted by Gasteiger charge is 2.14. The highest BCUT2D eigenvalue weighted by molar-refractivity contribution is 7.99. The summed E-state index contributed by atoms with van der Waals surface area (Å²) in [6.07, 6.45) is 0. The first-order valence-corrected chi connectivity index (χ1v) is 9.54. The molecule has 3 rings (SSSR count). The summed E-state index contributed by atoms with van der Waals surface area (Å²) in [5.74, 6) is -1.46. The molecule has 0 saturated carbocycles. The molecule has 10 heteroatoms. The fourth-order valence-corrected chi connectivity index (χ4v) is 3.55. The largest absolute Gasteiger partial charge is 0.493 e. The summed E-state index contributed by atoms with van der Waals surface area (Å²) in [5.41, 5.74) is 0.168. The molecule has 28 heavy (non-hydrogen) atoms. The highest BCUT2D eigenvalue weighted by atomic mass is 35.5. The zero-order valence-corrected chi connectivity index (χ0v) is 16.4. The molecule has 0 fully saturated rings. The number of nitrogens with zero attached hydrogens (tertiary/aromatic N) is 2. The van der Waals surface area contributed by atoms with Gasteiger partial charge in [-0.3, -0.25) is 14.2 Å². The van der Waals surface area contributed by atoms with Crippen molar-refractivity contribution in [3.63, 3.8) is 0 Å². The van der Waals surface area contributed by atoms with Gasteiger partial charge in [-0.15, -0.1) is 0 Å². The Bertz CT molecular complexity index is 1090. The maximum absolute atomic E-state index is 13.2. The van der Waals surface area contributed by atoms with Crippen LogP contribution in [0.25, 0.3) is 5.69 Å².